The molecule has 3 rings (SSSR count). The number of carbonyl (C=O) groups is 1. The lowest BCUT2D eigenvalue weighted by Gasteiger charge is -2.37. The van der Waals surface area contributed by atoms with Crippen molar-refractivity contribution in [3.63, 3.8) is 0 Å². The number of hydrogen-bond donors (Lipinski definition) is 1. The number of benzene rings is 1. The highest BCUT2D eigenvalue weighted by Gasteiger charge is 2.41. The lowest BCUT2D eigenvalue weighted by Crippen LogP contribution is -2.46. The van der Waals surface area contributed by atoms with Crippen LogP contribution in [0.2, 0.25) is 0 Å². The van der Waals surface area contributed by atoms with E-state index in [1.54, 1.807) is 12.1 Å². The third-order valence-electron chi connectivity index (χ3n) is 4.29. The molecule has 2 saturated heterocycles. The van der Waals surface area contributed by atoms with Gasteiger partial charge in [-0.15, -0.1) is 0 Å². The summed E-state index contributed by atoms with van der Waals surface area (Å²) in [5.74, 6) is -0.234. The maximum absolute atomic E-state index is 12.0. The van der Waals surface area contributed by atoms with Crippen LogP contribution in [0, 0.1) is 0 Å². The summed E-state index contributed by atoms with van der Waals surface area (Å²) in [5, 5.41) is 9.34. The Hall–Kier alpha value is -1.39. The van der Waals surface area contributed by atoms with Crippen molar-refractivity contribution in [2.45, 2.75) is 43.9 Å². The molecule has 2 aliphatic heterocycles. The highest BCUT2D eigenvalue weighted by molar-refractivity contribution is 5.89. The van der Waals surface area contributed by atoms with Gasteiger partial charge in [0.15, 0.2) is 0 Å². The number of carbonyl (C=O) groups excluding carboxylic acids is 1. The van der Waals surface area contributed by atoms with Gasteiger partial charge in [0.1, 0.15) is 6.10 Å². The van der Waals surface area contributed by atoms with Crippen LogP contribution in [-0.2, 0) is 4.74 Å². The number of hydrogen-bond acceptors (Lipinski definition) is 4. The van der Waals surface area contributed by atoms with Crippen molar-refractivity contribution in [2.24, 2.45) is 0 Å². The fraction of sp³-hybridized carbons (Fsp3) is 0.533. The van der Waals surface area contributed by atoms with E-state index in [1.807, 2.05) is 18.2 Å². The van der Waals surface area contributed by atoms with Crippen molar-refractivity contribution in [2.75, 3.05) is 6.73 Å². The summed E-state index contributed by atoms with van der Waals surface area (Å²) in [6.07, 6.45) is 3.88. The highest BCUT2D eigenvalue weighted by Crippen LogP contribution is 2.36. The molecule has 0 spiro atoms. The van der Waals surface area contributed by atoms with Crippen LogP contribution in [0.25, 0.3) is 0 Å². The SMILES string of the molecule is O=C(OC1CC2CCC(C1)N2CO)c1ccccc1. The number of fused-ring (bicyclic) bond motifs is 2. The largest absolute Gasteiger partial charge is 0.459 e. The first kappa shape index (κ1) is 12.6. The topological polar surface area (TPSA) is 49.8 Å². The molecular formula is C15H19NO3. The minimum Gasteiger partial charge on any atom is -0.459 e. The minimum atomic E-state index is -0.234. The average Bonchev–Trinajstić information content (AvgIpc) is 2.70. The average molecular weight is 261 g/mol. The van der Waals surface area contributed by atoms with Crippen LogP contribution in [-0.4, -0.2) is 40.9 Å². The minimum absolute atomic E-state index is 0.00648. The first-order valence-electron chi connectivity index (χ1n) is 6.90. The molecule has 4 nitrogen and oxygen atoms in total. The van der Waals surface area contributed by atoms with Gasteiger partial charge < -0.3 is 9.84 Å². The predicted octanol–water partition coefficient (Wildman–Crippen LogP) is 1.79. The fourth-order valence-electron chi connectivity index (χ4n) is 3.35. The molecule has 19 heavy (non-hydrogen) atoms. The molecule has 102 valence electrons. The second-order valence-corrected chi connectivity index (χ2v) is 5.41. The summed E-state index contributed by atoms with van der Waals surface area (Å²) in [6, 6.07) is 9.87. The van der Waals surface area contributed by atoms with E-state index in [9.17, 15) is 9.90 Å². The molecule has 1 aromatic carbocycles. The summed E-state index contributed by atoms with van der Waals surface area (Å²) in [7, 11) is 0. The first-order chi connectivity index (χ1) is 9.28. The monoisotopic (exact) mass is 261 g/mol. The number of ether oxygens (including phenoxy) is 1. The molecule has 4 heteroatoms. The van der Waals surface area contributed by atoms with E-state index in [0.29, 0.717) is 17.6 Å². The predicted molar refractivity (Wildman–Crippen MR) is 70.6 cm³/mol. The molecule has 2 unspecified atom stereocenters. The van der Waals surface area contributed by atoms with Crippen LogP contribution in [0.4, 0.5) is 0 Å². The molecular weight excluding hydrogens is 242 g/mol. The normalized spacial score (nSPS) is 30.3. The van der Waals surface area contributed by atoms with Crippen molar-refractivity contribution in [3.05, 3.63) is 35.9 Å². The smallest absolute Gasteiger partial charge is 0.338 e. The quantitative estimate of drug-likeness (QED) is 0.843. The van der Waals surface area contributed by atoms with Gasteiger partial charge in [-0.1, -0.05) is 18.2 Å². The molecule has 2 fully saturated rings. The van der Waals surface area contributed by atoms with Gasteiger partial charge in [-0.2, -0.15) is 0 Å². The van der Waals surface area contributed by atoms with Gasteiger partial charge >= 0.3 is 5.97 Å². The Balaban J connectivity index is 1.62. The zero-order valence-electron chi connectivity index (χ0n) is 10.9. The molecule has 0 aliphatic carbocycles. The molecule has 0 aromatic heterocycles. The number of esters is 1. The Bertz CT molecular complexity index is 434. The van der Waals surface area contributed by atoms with Gasteiger partial charge in [-0.3, -0.25) is 4.90 Å². The number of rotatable bonds is 3. The van der Waals surface area contributed by atoms with E-state index >= 15 is 0 Å². The molecule has 0 amide bonds. The summed E-state index contributed by atoms with van der Waals surface area (Å²) in [5.41, 5.74) is 0.611. The Kier molecular flexibility index (Phi) is 3.53. The summed E-state index contributed by atoms with van der Waals surface area (Å²) in [4.78, 5) is 14.1. The van der Waals surface area contributed by atoms with Crippen LogP contribution in [0.1, 0.15) is 36.0 Å². The third-order valence-corrected chi connectivity index (χ3v) is 4.29. The molecule has 1 aromatic rings. The molecule has 0 saturated carbocycles. The Morgan fingerprint density at radius 1 is 1.21 bits per heavy atom. The van der Waals surface area contributed by atoms with Crippen molar-refractivity contribution in [3.8, 4) is 0 Å². The highest BCUT2D eigenvalue weighted by atomic mass is 16.5. The molecule has 2 atom stereocenters. The van der Waals surface area contributed by atoms with Crippen LogP contribution in [0.5, 0.6) is 0 Å². The summed E-state index contributed by atoms with van der Waals surface area (Å²) >= 11 is 0. The molecule has 1 N–H and O–H groups in total. The van der Waals surface area contributed by atoms with Gasteiger partial charge in [0.25, 0.3) is 0 Å². The third kappa shape index (κ3) is 2.51. The van der Waals surface area contributed by atoms with E-state index < -0.39 is 0 Å². The van der Waals surface area contributed by atoms with Crippen molar-refractivity contribution >= 4 is 5.97 Å². The fourth-order valence-corrected chi connectivity index (χ4v) is 3.35. The van der Waals surface area contributed by atoms with Gasteiger partial charge in [0.05, 0.1) is 12.3 Å². The number of nitrogens with zero attached hydrogens (tertiary/aromatic N) is 1. The number of aliphatic hydroxyl groups is 1. The zero-order valence-corrected chi connectivity index (χ0v) is 10.9. The first-order valence-corrected chi connectivity index (χ1v) is 6.90. The van der Waals surface area contributed by atoms with Gasteiger partial charge in [-0.25, -0.2) is 4.79 Å². The second-order valence-electron chi connectivity index (χ2n) is 5.41. The van der Waals surface area contributed by atoms with Crippen molar-refractivity contribution < 1.29 is 14.6 Å². The lowest BCUT2D eigenvalue weighted by molar-refractivity contribution is -0.0295. The van der Waals surface area contributed by atoms with E-state index in [-0.39, 0.29) is 18.8 Å². The molecule has 2 bridgehead atoms. The second kappa shape index (κ2) is 5.31. The molecule has 2 aliphatic rings. The zero-order chi connectivity index (χ0) is 13.2. The Morgan fingerprint density at radius 3 is 2.42 bits per heavy atom. The van der Waals surface area contributed by atoms with Gasteiger partial charge in [0.2, 0.25) is 0 Å². The van der Waals surface area contributed by atoms with E-state index in [4.69, 9.17) is 4.74 Å². The van der Waals surface area contributed by atoms with Crippen LogP contribution < -0.4 is 0 Å². The van der Waals surface area contributed by atoms with Gasteiger partial charge in [0, 0.05) is 24.9 Å². The summed E-state index contributed by atoms with van der Waals surface area (Å²) < 4.78 is 5.60. The van der Waals surface area contributed by atoms with Crippen molar-refractivity contribution in [1.82, 2.24) is 4.90 Å². The number of aliphatic hydroxyl groups excluding tert-OH is 1. The molecule has 2 heterocycles. The molecule has 0 radical (unpaired) electrons. The van der Waals surface area contributed by atoms with Crippen LogP contribution >= 0.6 is 0 Å². The number of piperidine rings is 1. The van der Waals surface area contributed by atoms with E-state index in [1.165, 1.54) is 0 Å². The standard InChI is InChI=1S/C15H19NO3/c17-10-16-12-6-7-13(16)9-14(8-12)19-15(18)11-4-2-1-3-5-11/h1-5,12-14,17H,6-10H2. The van der Waals surface area contributed by atoms with E-state index in [0.717, 1.165) is 25.7 Å². The Morgan fingerprint density at radius 2 is 1.84 bits per heavy atom. The maximum Gasteiger partial charge on any atom is 0.338 e. The lowest BCUT2D eigenvalue weighted by atomic mass is 10.0. The Labute approximate surface area is 113 Å². The van der Waals surface area contributed by atoms with Crippen LogP contribution in [0.3, 0.4) is 0 Å². The maximum atomic E-state index is 12.0. The van der Waals surface area contributed by atoms with E-state index in [2.05, 4.69) is 4.90 Å². The van der Waals surface area contributed by atoms with Crippen LogP contribution in [0.15, 0.2) is 30.3 Å². The summed E-state index contributed by atoms with van der Waals surface area (Å²) in [6.45, 7) is 0.120. The van der Waals surface area contributed by atoms with Gasteiger partial charge in [-0.05, 0) is 25.0 Å². The van der Waals surface area contributed by atoms with Crippen molar-refractivity contribution in [1.29, 1.82) is 0 Å².